The van der Waals surface area contributed by atoms with E-state index in [1.54, 1.807) is 37.6 Å². The van der Waals surface area contributed by atoms with Gasteiger partial charge in [0.05, 0.1) is 18.3 Å². The molecule has 0 atom stereocenters. The molecule has 2 heterocycles. The molecule has 7 nitrogen and oxygen atoms in total. The highest BCUT2D eigenvalue weighted by Gasteiger charge is 2.20. The molecule has 0 saturated carbocycles. The fourth-order valence-corrected chi connectivity index (χ4v) is 4.07. The molecule has 0 aliphatic heterocycles. The number of nitrogens with one attached hydrogen (secondary N) is 1. The van der Waals surface area contributed by atoms with Crippen LogP contribution in [0.25, 0.3) is 21.9 Å². The van der Waals surface area contributed by atoms with E-state index < -0.39 is 0 Å². The SMILES string of the molecule is COc1ccc(C(=O)C[n+]2cn(CC(=O)Nc3cccc4cccnc34)c3ccccc32)cc1.[Br-]. The number of amides is 1. The lowest BCUT2D eigenvalue weighted by Gasteiger charge is -2.07. The summed E-state index contributed by atoms with van der Waals surface area (Å²) < 4.78 is 8.89. The maximum atomic E-state index is 12.9. The van der Waals surface area contributed by atoms with E-state index >= 15 is 0 Å². The normalized spacial score (nSPS) is 10.7. The van der Waals surface area contributed by atoms with Gasteiger partial charge in [-0.2, -0.15) is 0 Å². The van der Waals surface area contributed by atoms with Crippen molar-refractivity contribution in [1.82, 2.24) is 9.55 Å². The standard InChI is InChI=1S/C27H22N4O3.BrH/c1-34-21-13-11-19(12-14-21)25(32)16-30-18-31(24-10-3-2-9-23(24)30)17-26(33)29-22-8-4-6-20-7-5-15-28-27(20)22;/h2-15,18H,16-17H2,1H3;1H. The number of pyridine rings is 1. The number of hydrogen-bond donors (Lipinski definition) is 1. The van der Waals surface area contributed by atoms with Crippen molar-refractivity contribution in [2.24, 2.45) is 0 Å². The number of imidazole rings is 1. The summed E-state index contributed by atoms with van der Waals surface area (Å²) in [5, 5.41) is 3.93. The zero-order valence-electron chi connectivity index (χ0n) is 19.0. The lowest BCUT2D eigenvalue weighted by atomic mass is 10.1. The van der Waals surface area contributed by atoms with Crippen molar-refractivity contribution in [2.45, 2.75) is 13.1 Å². The van der Waals surface area contributed by atoms with Gasteiger partial charge in [0.25, 0.3) is 5.91 Å². The maximum absolute atomic E-state index is 12.9. The first-order chi connectivity index (χ1) is 16.6. The van der Waals surface area contributed by atoms with Gasteiger partial charge in [0.1, 0.15) is 5.75 Å². The summed E-state index contributed by atoms with van der Waals surface area (Å²) in [6.07, 6.45) is 3.52. The third kappa shape index (κ3) is 5.07. The maximum Gasteiger partial charge on any atom is 0.266 e. The Hall–Kier alpha value is -4.04. The molecule has 3 aromatic carbocycles. The van der Waals surface area contributed by atoms with E-state index in [0.717, 1.165) is 21.9 Å². The number of aromatic nitrogens is 3. The van der Waals surface area contributed by atoms with Crippen LogP contribution >= 0.6 is 0 Å². The van der Waals surface area contributed by atoms with Gasteiger partial charge in [-0.25, -0.2) is 9.13 Å². The Bertz CT molecular complexity index is 1510. The largest absolute Gasteiger partial charge is 1.00 e. The average molecular weight is 531 g/mol. The number of halogens is 1. The van der Waals surface area contributed by atoms with Crippen LogP contribution in [-0.4, -0.2) is 28.4 Å². The van der Waals surface area contributed by atoms with E-state index in [1.165, 1.54) is 0 Å². The molecule has 5 rings (SSSR count). The minimum absolute atomic E-state index is 0. The Morgan fingerprint density at radius 2 is 1.74 bits per heavy atom. The smallest absolute Gasteiger partial charge is 0.266 e. The van der Waals surface area contributed by atoms with Crippen LogP contribution in [0.15, 0.2) is 91.4 Å². The van der Waals surface area contributed by atoms with E-state index in [2.05, 4.69) is 10.3 Å². The van der Waals surface area contributed by atoms with E-state index in [9.17, 15) is 9.59 Å². The number of benzene rings is 3. The number of rotatable bonds is 7. The van der Waals surface area contributed by atoms with Crippen molar-refractivity contribution in [1.29, 1.82) is 0 Å². The highest BCUT2D eigenvalue weighted by Crippen LogP contribution is 2.21. The predicted octanol–water partition coefficient (Wildman–Crippen LogP) is 1.01. The summed E-state index contributed by atoms with van der Waals surface area (Å²) in [5.41, 5.74) is 3.77. The molecule has 0 bridgehead atoms. The van der Waals surface area contributed by atoms with Crippen molar-refractivity contribution in [3.8, 4) is 5.75 Å². The molecule has 8 heteroatoms. The number of carbonyl (C=O) groups excluding carboxylic acids is 2. The van der Waals surface area contributed by atoms with Crippen molar-refractivity contribution >= 4 is 39.3 Å². The molecule has 0 aliphatic rings. The minimum Gasteiger partial charge on any atom is -1.00 e. The first-order valence-electron chi connectivity index (χ1n) is 10.9. The molecule has 0 fully saturated rings. The second-order valence-corrected chi connectivity index (χ2v) is 7.94. The minimum atomic E-state index is -0.174. The zero-order valence-corrected chi connectivity index (χ0v) is 20.6. The first kappa shape index (κ1) is 24.1. The van der Waals surface area contributed by atoms with Crippen LogP contribution in [0.3, 0.4) is 0 Å². The second kappa shape index (κ2) is 10.5. The van der Waals surface area contributed by atoms with Crippen molar-refractivity contribution in [3.05, 3.63) is 97.0 Å². The van der Waals surface area contributed by atoms with E-state index in [-0.39, 0.29) is 41.8 Å². The average Bonchev–Trinajstić information content (AvgIpc) is 3.21. The number of fused-ring (bicyclic) bond motifs is 2. The molecule has 35 heavy (non-hydrogen) atoms. The molecule has 0 unspecified atom stereocenters. The number of ether oxygens (including phenoxy) is 1. The van der Waals surface area contributed by atoms with Crippen molar-refractivity contribution in [3.63, 3.8) is 0 Å². The third-order valence-electron chi connectivity index (χ3n) is 5.73. The van der Waals surface area contributed by atoms with Crippen molar-refractivity contribution < 1.29 is 35.9 Å². The Labute approximate surface area is 212 Å². The van der Waals surface area contributed by atoms with Gasteiger partial charge < -0.3 is 27.0 Å². The fraction of sp³-hybridized carbons (Fsp3) is 0.111. The van der Waals surface area contributed by atoms with Gasteiger partial charge in [0.2, 0.25) is 12.1 Å². The monoisotopic (exact) mass is 530 g/mol. The highest BCUT2D eigenvalue weighted by atomic mass is 79.9. The van der Waals surface area contributed by atoms with Gasteiger partial charge in [-0.3, -0.25) is 14.6 Å². The van der Waals surface area contributed by atoms with E-state index in [0.29, 0.717) is 17.0 Å². The summed E-state index contributed by atoms with van der Waals surface area (Å²) >= 11 is 0. The predicted molar refractivity (Wildman–Crippen MR) is 130 cm³/mol. The van der Waals surface area contributed by atoms with Crippen LogP contribution in [0, 0.1) is 0 Å². The topological polar surface area (TPSA) is 77.1 Å². The van der Waals surface area contributed by atoms with Gasteiger partial charge in [-0.05, 0) is 48.5 Å². The summed E-state index contributed by atoms with van der Waals surface area (Å²) in [6, 6.07) is 24.3. The van der Waals surface area contributed by atoms with Gasteiger partial charge in [-0.15, -0.1) is 0 Å². The number of methoxy groups -OCH3 is 1. The van der Waals surface area contributed by atoms with Gasteiger partial charge in [0.15, 0.2) is 24.1 Å². The molecule has 0 saturated heterocycles. The van der Waals surface area contributed by atoms with Gasteiger partial charge in [-0.1, -0.05) is 30.3 Å². The van der Waals surface area contributed by atoms with Gasteiger partial charge in [0, 0.05) is 17.1 Å². The number of carbonyl (C=O) groups is 2. The first-order valence-corrected chi connectivity index (χ1v) is 10.9. The summed E-state index contributed by atoms with van der Waals surface area (Å²) in [6.45, 7) is 0.266. The summed E-state index contributed by atoms with van der Waals surface area (Å²) in [4.78, 5) is 30.2. The lowest BCUT2D eigenvalue weighted by Crippen LogP contribution is -3.00. The highest BCUT2D eigenvalue weighted by molar-refractivity contribution is 6.00. The number of para-hydroxylation sites is 3. The molecule has 1 N–H and O–H groups in total. The molecule has 2 aromatic heterocycles. The summed E-state index contributed by atoms with van der Waals surface area (Å²) in [5.74, 6) is 0.502. The number of nitrogens with zero attached hydrogens (tertiary/aromatic N) is 3. The van der Waals surface area contributed by atoms with Gasteiger partial charge >= 0.3 is 0 Å². The van der Waals surface area contributed by atoms with E-state index in [4.69, 9.17) is 4.74 Å². The van der Waals surface area contributed by atoms with Crippen LogP contribution < -0.4 is 31.6 Å². The Kier molecular flexibility index (Phi) is 7.22. The molecule has 0 radical (unpaired) electrons. The number of ketones is 1. The number of hydrogen-bond acceptors (Lipinski definition) is 4. The molecule has 0 spiro atoms. The van der Waals surface area contributed by atoms with Crippen molar-refractivity contribution in [2.75, 3.05) is 12.4 Å². The molecule has 0 aliphatic carbocycles. The van der Waals surface area contributed by atoms with Crippen LogP contribution in [0.5, 0.6) is 5.75 Å². The second-order valence-electron chi connectivity index (χ2n) is 7.94. The molecule has 1 amide bonds. The Morgan fingerprint density at radius 3 is 2.54 bits per heavy atom. The zero-order chi connectivity index (χ0) is 23.5. The number of Topliss-reactive ketones (excluding diaryl/α,β-unsaturated/α-hetero) is 1. The summed E-state index contributed by atoms with van der Waals surface area (Å²) in [7, 11) is 1.59. The quantitative estimate of drug-likeness (QED) is 0.251. The lowest BCUT2D eigenvalue weighted by molar-refractivity contribution is -0.657. The molecule has 5 aromatic rings. The molecular weight excluding hydrogens is 508 g/mol. The number of anilines is 1. The molecule has 176 valence electrons. The third-order valence-corrected chi connectivity index (χ3v) is 5.73. The van der Waals surface area contributed by atoms with Crippen LogP contribution in [0.2, 0.25) is 0 Å². The van der Waals surface area contributed by atoms with Crippen LogP contribution in [0.4, 0.5) is 5.69 Å². The van der Waals surface area contributed by atoms with Crippen LogP contribution in [0.1, 0.15) is 10.4 Å². The van der Waals surface area contributed by atoms with Crippen LogP contribution in [-0.2, 0) is 17.9 Å². The Morgan fingerprint density at radius 1 is 0.971 bits per heavy atom. The van der Waals surface area contributed by atoms with E-state index in [1.807, 2.05) is 70.1 Å². The Balaban J connectivity index is 0.00000289. The fourth-order valence-electron chi connectivity index (χ4n) is 4.07. The molecular formula is C27H23BrN4O3.